The van der Waals surface area contributed by atoms with Gasteiger partial charge in [0.25, 0.3) is 0 Å². The number of amides is 1. The summed E-state index contributed by atoms with van der Waals surface area (Å²) in [6, 6.07) is 1.82. The van der Waals surface area contributed by atoms with Crippen molar-refractivity contribution in [1.82, 2.24) is 9.97 Å². The molecule has 6 nitrogen and oxygen atoms in total. The molecule has 0 saturated carbocycles. The van der Waals surface area contributed by atoms with Crippen molar-refractivity contribution in [3.63, 3.8) is 0 Å². The molecule has 6 heteroatoms. The first-order valence-corrected chi connectivity index (χ1v) is 7.21. The van der Waals surface area contributed by atoms with Crippen molar-refractivity contribution in [2.45, 2.75) is 52.5 Å². The fraction of sp³-hybridized carbons (Fsp3) is 0.643. The van der Waals surface area contributed by atoms with Gasteiger partial charge in [0.1, 0.15) is 17.5 Å². The van der Waals surface area contributed by atoms with E-state index in [-0.39, 0.29) is 18.4 Å². The molecule has 0 spiro atoms. The lowest BCUT2D eigenvalue weighted by Crippen LogP contribution is -2.24. The molecule has 0 aliphatic heterocycles. The molecule has 1 unspecified atom stereocenters. The van der Waals surface area contributed by atoms with Crippen LogP contribution in [-0.2, 0) is 11.2 Å². The van der Waals surface area contributed by atoms with E-state index in [0.29, 0.717) is 0 Å². The summed E-state index contributed by atoms with van der Waals surface area (Å²) < 4.78 is 0. The van der Waals surface area contributed by atoms with Gasteiger partial charge in [0.2, 0.25) is 5.91 Å². The van der Waals surface area contributed by atoms with Gasteiger partial charge in [0, 0.05) is 31.5 Å². The molecule has 1 heterocycles. The number of nitrogens with two attached hydrogens (primary N) is 1. The molecule has 1 rings (SSSR count). The van der Waals surface area contributed by atoms with Crippen LogP contribution in [0.3, 0.4) is 0 Å². The minimum atomic E-state index is -0.322. The van der Waals surface area contributed by atoms with Crippen molar-refractivity contribution in [2.75, 3.05) is 17.2 Å². The standard InChI is InChI=1S/C14H25N5O/c1-4-6-12-18-13(16-7-5-2)9-14(19-12)17-10(3)8-11(15)20/h9-10H,4-8H2,1-3H3,(H2,15,20)(H2,16,17,18,19). The van der Waals surface area contributed by atoms with E-state index in [9.17, 15) is 4.79 Å². The number of hydrogen-bond donors (Lipinski definition) is 3. The SMILES string of the molecule is CCCNc1cc(NC(C)CC(N)=O)nc(CCC)n1. The molecule has 0 radical (unpaired) electrons. The van der Waals surface area contributed by atoms with Crippen molar-refractivity contribution < 1.29 is 4.79 Å². The highest BCUT2D eigenvalue weighted by Crippen LogP contribution is 2.14. The first-order valence-electron chi connectivity index (χ1n) is 7.21. The molecule has 0 saturated heterocycles. The zero-order valence-corrected chi connectivity index (χ0v) is 12.6. The molecule has 0 aliphatic carbocycles. The maximum absolute atomic E-state index is 10.9. The molecule has 4 N–H and O–H groups in total. The average Bonchev–Trinajstić information content (AvgIpc) is 2.35. The highest BCUT2D eigenvalue weighted by atomic mass is 16.1. The average molecular weight is 279 g/mol. The number of primary amides is 1. The van der Waals surface area contributed by atoms with E-state index < -0.39 is 0 Å². The van der Waals surface area contributed by atoms with Gasteiger partial charge < -0.3 is 16.4 Å². The second-order valence-corrected chi connectivity index (χ2v) is 4.95. The summed E-state index contributed by atoms with van der Waals surface area (Å²) in [4.78, 5) is 19.9. The van der Waals surface area contributed by atoms with E-state index in [4.69, 9.17) is 5.73 Å². The largest absolute Gasteiger partial charge is 0.370 e. The van der Waals surface area contributed by atoms with Crippen LogP contribution in [0.5, 0.6) is 0 Å². The van der Waals surface area contributed by atoms with E-state index >= 15 is 0 Å². The predicted octanol–water partition coefficient (Wildman–Crippen LogP) is 1.93. The summed E-state index contributed by atoms with van der Waals surface area (Å²) in [6.07, 6.45) is 3.15. The minimum absolute atomic E-state index is 0.0455. The summed E-state index contributed by atoms with van der Waals surface area (Å²) in [5.41, 5.74) is 5.20. The summed E-state index contributed by atoms with van der Waals surface area (Å²) >= 11 is 0. The second kappa shape index (κ2) is 8.35. The minimum Gasteiger partial charge on any atom is -0.370 e. The number of aryl methyl sites for hydroxylation is 1. The van der Waals surface area contributed by atoms with Gasteiger partial charge in [0.15, 0.2) is 0 Å². The third-order valence-electron chi connectivity index (χ3n) is 2.70. The second-order valence-electron chi connectivity index (χ2n) is 4.95. The number of carbonyl (C=O) groups is 1. The van der Waals surface area contributed by atoms with Crippen molar-refractivity contribution in [2.24, 2.45) is 5.73 Å². The van der Waals surface area contributed by atoms with Crippen LogP contribution in [0.15, 0.2) is 6.07 Å². The zero-order chi connectivity index (χ0) is 15.0. The molecule has 0 fully saturated rings. The van der Waals surface area contributed by atoms with Gasteiger partial charge in [-0.05, 0) is 19.8 Å². The molecule has 0 bridgehead atoms. The fourth-order valence-electron chi connectivity index (χ4n) is 1.86. The van der Waals surface area contributed by atoms with Gasteiger partial charge in [0.05, 0.1) is 0 Å². The molecule has 20 heavy (non-hydrogen) atoms. The fourth-order valence-corrected chi connectivity index (χ4v) is 1.86. The Labute approximate surface area is 120 Å². The number of aromatic nitrogens is 2. The van der Waals surface area contributed by atoms with Gasteiger partial charge in [-0.25, -0.2) is 9.97 Å². The molecular formula is C14H25N5O. The van der Waals surface area contributed by atoms with E-state index in [1.165, 1.54) is 0 Å². The predicted molar refractivity (Wildman–Crippen MR) is 81.7 cm³/mol. The normalized spacial score (nSPS) is 11.9. The van der Waals surface area contributed by atoms with E-state index in [0.717, 1.165) is 43.3 Å². The lowest BCUT2D eigenvalue weighted by atomic mass is 10.2. The topological polar surface area (TPSA) is 92.9 Å². The lowest BCUT2D eigenvalue weighted by Gasteiger charge is -2.15. The molecule has 1 aromatic heterocycles. The Morgan fingerprint density at radius 2 is 2.00 bits per heavy atom. The van der Waals surface area contributed by atoms with E-state index in [1.54, 1.807) is 0 Å². The molecule has 112 valence electrons. The molecule has 0 aliphatic rings. The van der Waals surface area contributed by atoms with E-state index in [1.807, 2.05) is 13.0 Å². The quantitative estimate of drug-likeness (QED) is 0.642. The van der Waals surface area contributed by atoms with Crippen LogP contribution in [0.2, 0.25) is 0 Å². The lowest BCUT2D eigenvalue weighted by molar-refractivity contribution is -0.118. The summed E-state index contributed by atoms with van der Waals surface area (Å²) in [6.45, 7) is 6.98. The van der Waals surface area contributed by atoms with Crippen LogP contribution in [0.1, 0.15) is 45.9 Å². The van der Waals surface area contributed by atoms with Gasteiger partial charge in [-0.2, -0.15) is 0 Å². The number of nitrogens with one attached hydrogen (secondary N) is 2. The van der Waals surface area contributed by atoms with Gasteiger partial charge in [-0.3, -0.25) is 4.79 Å². The number of hydrogen-bond acceptors (Lipinski definition) is 5. The third-order valence-corrected chi connectivity index (χ3v) is 2.70. The van der Waals surface area contributed by atoms with Crippen LogP contribution in [0.25, 0.3) is 0 Å². The Balaban J connectivity index is 2.81. The molecule has 1 atom stereocenters. The van der Waals surface area contributed by atoms with Crippen LogP contribution in [0, 0.1) is 0 Å². The number of nitrogens with zero attached hydrogens (tertiary/aromatic N) is 2. The Morgan fingerprint density at radius 3 is 2.60 bits per heavy atom. The molecule has 0 aromatic carbocycles. The monoisotopic (exact) mass is 279 g/mol. The first kappa shape index (κ1) is 16.2. The number of anilines is 2. The highest BCUT2D eigenvalue weighted by Gasteiger charge is 2.09. The van der Waals surface area contributed by atoms with Crippen LogP contribution in [-0.4, -0.2) is 28.5 Å². The van der Waals surface area contributed by atoms with E-state index in [2.05, 4.69) is 34.4 Å². The first-order chi connectivity index (χ1) is 9.55. The number of rotatable bonds is 9. The summed E-state index contributed by atoms with van der Waals surface area (Å²) in [5.74, 6) is 2.04. The molecular weight excluding hydrogens is 254 g/mol. The Hall–Kier alpha value is -1.85. The molecule has 1 aromatic rings. The Bertz CT molecular complexity index is 436. The third kappa shape index (κ3) is 5.86. The van der Waals surface area contributed by atoms with Gasteiger partial charge in [-0.1, -0.05) is 13.8 Å². The van der Waals surface area contributed by atoms with Gasteiger partial charge >= 0.3 is 0 Å². The molecule has 1 amide bonds. The van der Waals surface area contributed by atoms with Crippen LogP contribution in [0.4, 0.5) is 11.6 Å². The number of carbonyl (C=O) groups excluding carboxylic acids is 1. The van der Waals surface area contributed by atoms with Crippen LogP contribution < -0.4 is 16.4 Å². The summed E-state index contributed by atoms with van der Waals surface area (Å²) in [5, 5.41) is 6.46. The Morgan fingerprint density at radius 1 is 1.30 bits per heavy atom. The van der Waals surface area contributed by atoms with Crippen LogP contribution >= 0.6 is 0 Å². The van der Waals surface area contributed by atoms with Crippen molar-refractivity contribution >= 4 is 17.5 Å². The maximum atomic E-state index is 10.9. The zero-order valence-electron chi connectivity index (χ0n) is 12.6. The van der Waals surface area contributed by atoms with Gasteiger partial charge in [-0.15, -0.1) is 0 Å². The maximum Gasteiger partial charge on any atom is 0.219 e. The Kier molecular flexibility index (Phi) is 6.76. The van der Waals surface area contributed by atoms with Crippen molar-refractivity contribution in [1.29, 1.82) is 0 Å². The smallest absolute Gasteiger partial charge is 0.219 e. The van der Waals surface area contributed by atoms with Crippen molar-refractivity contribution in [3.05, 3.63) is 11.9 Å². The summed E-state index contributed by atoms with van der Waals surface area (Å²) in [7, 11) is 0. The highest BCUT2D eigenvalue weighted by molar-refractivity contribution is 5.74. The van der Waals surface area contributed by atoms with Crippen molar-refractivity contribution in [3.8, 4) is 0 Å².